The highest BCUT2D eigenvalue weighted by atomic mass is 16.6. The maximum atomic E-state index is 12.3. The first-order valence-corrected chi connectivity index (χ1v) is 12.6. The molecule has 10 heteroatoms. The quantitative estimate of drug-likeness (QED) is 0.401. The Morgan fingerprint density at radius 3 is 2.76 bits per heavy atom. The van der Waals surface area contributed by atoms with E-state index in [-0.39, 0.29) is 11.9 Å². The number of nitrogens with one attached hydrogen (secondary N) is 3. The molecule has 1 saturated heterocycles. The molecule has 0 bridgehead atoms. The number of nitrogens with zero attached hydrogens (tertiary/aromatic N) is 4. The Labute approximate surface area is 217 Å². The van der Waals surface area contributed by atoms with Crippen molar-refractivity contribution in [2.24, 2.45) is 0 Å². The van der Waals surface area contributed by atoms with Gasteiger partial charge in [0.1, 0.15) is 17.2 Å². The van der Waals surface area contributed by atoms with Gasteiger partial charge in [-0.3, -0.25) is 4.79 Å². The molecule has 2 amide bonds. The van der Waals surface area contributed by atoms with Crippen molar-refractivity contribution < 1.29 is 14.3 Å². The first-order chi connectivity index (χ1) is 17.6. The third-order valence-electron chi connectivity index (χ3n) is 5.97. The van der Waals surface area contributed by atoms with Crippen molar-refractivity contribution in [1.82, 2.24) is 19.9 Å². The Bertz CT molecular complexity index is 1290. The molecule has 2 aromatic heterocycles. The highest BCUT2D eigenvalue weighted by molar-refractivity contribution is 5.99. The lowest BCUT2D eigenvalue weighted by Crippen LogP contribution is -2.49. The van der Waals surface area contributed by atoms with Crippen LogP contribution in [0.4, 0.5) is 27.8 Å². The van der Waals surface area contributed by atoms with Gasteiger partial charge in [0.2, 0.25) is 5.91 Å². The molecular weight excluding hydrogens is 470 g/mol. The van der Waals surface area contributed by atoms with Gasteiger partial charge in [0.25, 0.3) is 0 Å². The lowest BCUT2D eigenvalue weighted by Gasteiger charge is -2.34. The Balaban J connectivity index is 1.60. The summed E-state index contributed by atoms with van der Waals surface area (Å²) in [5.74, 6) is 1.27. The molecule has 1 aromatic carbocycles. The molecule has 1 aliphatic rings. The zero-order valence-corrected chi connectivity index (χ0v) is 21.9. The number of carbonyl (C=O) groups excluding carboxylic acids is 2. The van der Waals surface area contributed by atoms with E-state index in [0.717, 1.165) is 54.3 Å². The summed E-state index contributed by atoms with van der Waals surface area (Å²) in [5, 5.41) is 13.8. The summed E-state index contributed by atoms with van der Waals surface area (Å²) in [7, 11) is 0. The molecule has 196 valence electrons. The van der Waals surface area contributed by atoms with Gasteiger partial charge in [-0.1, -0.05) is 19.6 Å². The second-order valence-corrected chi connectivity index (χ2v) is 10.1. The number of hydrogen-bond donors (Lipinski definition) is 3. The lowest BCUT2D eigenvalue weighted by atomic mass is 10.1. The molecule has 3 N–H and O–H groups in total. The Morgan fingerprint density at radius 1 is 1.24 bits per heavy atom. The van der Waals surface area contributed by atoms with Crippen LogP contribution in [0.5, 0.6) is 0 Å². The topological polar surface area (TPSA) is 113 Å². The van der Waals surface area contributed by atoms with E-state index in [1.165, 1.54) is 6.08 Å². The van der Waals surface area contributed by atoms with Gasteiger partial charge in [0, 0.05) is 42.1 Å². The first kappa shape index (κ1) is 26.0. The standard InChI is InChI=1S/C27H35N7O3/c1-6-18-16-28-34-23(29-19-10-8-11-20(14-19)30-24(35)7-2)15-22(32-25(18)34)33-13-9-12-21(17-33)31-26(36)37-27(3,4)5/h7-8,10-11,14-16,21,29H,2,6,9,12-13,17H2,1,3-5H3,(H,30,35)(H,31,36). The molecule has 1 atom stereocenters. The molecule has 0 saturated carbocycles. The van der Waals surface area contributed by atoms with E-state index in [1.807, 2.05) is 57.3 Å². The van der Waals surface area contributed by atoms with Gasteiger partial charge >= 0.3 is 6.09 Å². The number of fused-ring (bicyclic) bond motifs is 1. The number of aromatic nitrogens is 3. The Kier molecular flexibility index (Phi) is 7.66. The summed E-state index contributed by atoms with van der Waals surface area (Å²) in [6, 6.07) is 9.36. The fraction of sp³-hybridized carbons (Fsp3) is 0.407. The molecule has 3 heterocycles. The minimum atomic E-state index is -0.546. The molecule has 0 spiro atoms. The van der Waals surface area contributed by atoms with E-state index in [0.29, 0.717) is 12.2 Å². The van der Waals surface area contributed by atoms with E-state index in [1.54, 1.807) is 4.52 Å². The first-order valence-electron chi connectivity index (χ1n) is 12.6. The van der Waals surface area contributed by atoms with Crippen LogP contribution in [0.15, 0.2) is 49.2 Å². The number of aryl methyl sites for hydroxylation is 1. The van der Waals surface area contributed by atoms with Gasteiger partial charge < -0.3 is 25.6 Å². The number of hydrogen-bond acceptors (Lipinski definition) is 7. The van der Waals surface area contributed by atoms with E-state index >= 15 is 0 Å². The van der Waals surface area contributed by atoms with Crippen LogP contribution in [0.2, 0.25) is 0 Å². The number of carbonyl (C=O) groups is 2. The Hall–Kier alpha value is -4.08. The third-order valence-corrected chi connectivity index (χ3v) is 5.97. The van der Waals surface area contributed by atoms with Gasteiger partial charge in [-0.15, -0.1) is 0 Å². The van der Waals surface area contributed by atoms with Gasteiger partial charge in [-0.2, -0.15) is 9.61 Å². The van der Waals surface area contributed by atoms with Crippen LogP contribution in [0.1, 0.15) is 46.1 Å². The largest absolute Gasteiger partial charge is 0.444 e. The highest BCUT2D eigenvalue weighted by Gasteiger charge is 2.26. The molecule has 0 aliphatic carbocycles. The second kappa shape index (κ2) is 10.9. The van der Waals surface area contributed by atoms with Crippen molar-refractivity contribution in [3.05, 3.63) is 54.7 Å². The molecule has 0 radical (unpaired) electrons. The van der Waals surface area contributed by atoms with Crippen LogP contribution >= 0.6 is 0 Å². The van der Waals surface area contributed by atoms with Crippen LogP contribution < -0.4 is 20.9 Å². The number of rotatable bonds is 7. The number of piperidine rings is 1. The van der Waals surface area contributed by atoms with Gasteiger partial charge in [0.05, 0.1) is 6.20 Å². The summed E-state index contributed by atoms with van der Waals surface area (Å²) in [5.41, 5.74) is 2.72. The molecule has 1 unspecified atom stereocenters. The molecule has 10 nitrogen and oxygen atoms in total. The fourth-order valence-corrected chi connectivity index (χ4v) is 4.29. The average Bonchev–Trinajstić information content (AvgIpc) is 3.26. The third kappa shape index (κ3) is 6.58. The minimum Gasteiger partial charge on any atom is -0.444 e. The zero-order valence-electron chi connectivity index (χ0n) is 21.9. The smallest absolute Gasteiger partial charge is 0.407 e. The van der Waals surface area contributed by atoms with Crippen molar-refractivity contribution in [2.45, 2.75) is 58.6 Å². The summed E-state index contributed by atoms with van der Waals surface area (Å²) >= 11 is 0. The number of benzene rings is 1. The minimum absolute atomic E-state index is 0.0428. The SMILES string of the molecule is C=CC(=O)Nc1cccc(Nc2cc(N3CCCC(NC(=O)OC(C)(C)C)C3)nc3c(CC)cnn23)c1. The maximum Gasteiger partial charge on any atom is 0.407 e. The zero-order chi connectivity index (χ0) is 26.6. The molecular formula is C27H35N7O3. The van der Waals surface area contributed by atoms with E-state index in [2.05, 4.69) is 39.5 Å². The van der Waals surface area contributed by atoms with Crippen LogP contribution in [0, 0.1) is 0 Å². The number of amides is 2. The summed E-state index contributed by atoms with van der Waals surface area (Å²) in [6.07, 6.45) is 5.25. The summed E-state index contributed by atoms with van der Waals surface area (Å²) in [4.78, 5) is 31.2. The Morgan fingerprint density at radius 2 is 2.03 bits per heavy atom. The second-order valence-electron chi connectivity index (χ2n) is 10.1. The van der Waals surface area contributed by atoms with Crippen molar-refractivity contribution in [1.29, 1.82) is 0 Å². The van der Waals surface area contributed by atoms with E-state index in [9.17, 15) is 9.59 Å². The van der Waals surface area contributed by atoms with Crippen LogP contribution in [-0.2, 0) is 16.0 Å². The van der Waals surface area contributed by atoms with Crippen LogP contribution in [0.25, 0.3) is 5.65 Å². The van der Waals surface area contributed by atoms with Crippen LogP contribution in [0.3, 0.4) is 0 Å². The number of alkyl carbamates (subject to hydrolysis) is 1. The average molecular weight is 506 g/mol. The van der Waals surface area contributed by atoms with Crippen molar-refractivity contribution >= 4 is 40.7 Å². The molecule has 4 rings (SSSR count). The van der Waals surface area contributed by atoms with Crippen molar-refractivity contribution in [3.63, 3.8) is 0 Å². The van der Waals surface area contributed by atoms with Gasteiger partial charge in [-0.05, 0) is 64.3 Å². The summed E-state index contributed by atoms with van der Waals surface area (Å²) in [6.45, 7) is 12.6. The molecule has 3 aromatic rings. The number of ether oxygens (including phenoxy) is 1. The highest BCUT2D eigenvalue weighted by Crippen LogP contribution is 2.27. The fourth-order valence-electron chi connectivity index (χ4n) is 4.29. The molecule has 1 aliphatic heterocycles. The summed E-state index contributed by atoms with van der Waals surface area (Å²) < 4.78 is 7.24. The van der Waals surface area contributed by atoms with Crippen molar-refractivity contribution in [2.75, 3.05) is 28.6 Å². The van der Waals surface area contributed by atoms with E-state index in [4.69, 9.17) is 9.72 Å². The lowest BCUT2D eigenvalue weighted by molar-refractivity contribution is -0.111. The maximum absolute atomic E-state index is 12.3. The predicted octanol–water partition coefficient (Wildman–Crippen LogP) is 4.65. The monoisotopic (exact) mass is 505 g/mol. The molecule has 1 fully saturated rings. The predicted molar refractivity (Wildman–Crippen MR) is 146 cm³/mol. The molecule has 37 heavy (non-hydrogen) atoms. The van der Waals surface area contributed by atoms with Gasteiger partial charge in [-0.25, -0.2) is 9.78 Å². The van der Waals surface area contributed by atoms with Gasteiger partial charge in [0.15, 0.2) is 5.65 Å². The van der Waals surface area contributed by atoms with Crippen molar-refractivity contribution in [3.8, 4) is 0 Å². The van der Waals surface area contributed by atoms with Crippen LogP contribution in [-0.4, -0.2) is 51.3 Å². The van der Waals surface area contributed by atoms with E-state index < -0.39 is 11.7 Å². The normalized spacial score (nSPS) is 15.8. The number of anilines is 4.